The van der Waals surface area contributed by atoms with Gasteiger partial charge in [0.05, 0.1) is 37.5 Å². The largest absolute Gasteiger partial charge is 0.480 e. The Bertz CT molecular complexity index is 834. The van der Waals surface area contributed by atoms with Crippen LogP contribution in [0.5, 0.6) is 0 Å². The normalized spacial score (nSPS) is 17.4. The monoisotopic (exact) mass is 536 g/mol. The number of aliphatic hydroxyl groups excluding tert-OH is 4. The van der Waals surface area contributed by atoms with Crippen LogP contribution in [0.15, 0.2) is 0 Å². The third-order valence-electron chi connectivity index (χ3n) is 4.84. The summed E-state index contributed by atoms with van der Waals surface area (Å²) in [5.74, 6) is -6.55. The number of hydrogen-bond acceptors (Lipinski definition) is 11. The van der Waals surface area contributed by atoms with E-state index in [0.29, 0.717) is 0 Å². The molecule has 0 aromatic rings. The van der Waals surface area contributed by atoms with Crippen LogP contribution in [0, 0.1) is 0 Å². The fourth-order valence-corrected chi connectivity index (χ4v) is 2.69. The van der Waals surface area contributed by atoms with Gasteiger partial charge in [0.25, 0.3) is 0 Å². The van der Waals surface area contributed by atoms with E-state index in [0.717, 1.165) is 13.8 Å². The van der Waals surface area contributed by atoms with Gasteiger partial charge in [-0.15, -0.1) is 0 Å². The van der Waals surface area contributed by atoms with Crippen molar-refractivity contribution in [2.24, 2.45) is 5.73 Å². The van der Waals surface area contributed by atoms with E-state index in [-0.39, 0.29) is 0 Å². The van der Waals surface area contributed by atoms with Crippen LogP contribution in [0.3, 0.4) is 0 Å². The number of carboxylic acids is 1. The van der Waals surface area contributed by atoms with Gasteiger partial charge in [-0.25, -0.2) is 4.79 Å². The number of hydrogen-bond donors (Lipinski definition) is 11. The van der Waals surface area contributed by atoms with Crippen LogP contribution in [0.1, 0.15) is 27.7 Å². The molecular formula is C20H36N6O11. The molecule has 0 aromatic carbocycles. The zero-order valence-electron chi connectivity index (χ0n) is 20.8. The van der Waals surface area contributed by atoms with Gasteiger partial charge < -0.3 is 57.9 Å². The molecule has 0 aliphatic rings. The predicted molar refractivity (Wildman–Crippen MR) is 124 cm³/mol. The molecule has 0 aliphatic carbocycles. The van der Waals surface area contributed by atoms with E-state index >= 15 is 0 Å². The van der Waals surface area contributed by atoms with Crippen LogP contribution in [0.25, 0.3) is 0 Å². The topological polar surface area (TPSA) is 290 Å². The fraction of sp³-hybridized carbons (Fsp3) is 0.700. The molecule has 17 nitrogen and oxygen atoms in total. The van der Waals surface area contributed by atoms with Gasteiger partial charge in [0.2, 0.25) is 29.5 Å². The molecule has 0 unspecified atom stereocenters. The highest BCUT2D eigenvalue weighted by Gasteiger charge is 2.35. The molecule has 8 atom stereocenters. The third-order valence-corrected chi connectivity index (χ3v) is 4.84. The average Bonchev–Trinajstić information content (AvgIpc) is 2.79. The zero-order chi connectivity index (χ0) is 29.0. The quantitative estimate of drug-likeness (QED) is 0.0931. The molecule has 0 saturated carbocycles. The standard InChI is InChI=1S/C20H36N6O11/c1-7(21)16(32)24-14(9(3)29)18(34)26-15(10(4)30)19(35)25-13(8(2)28)17(33)22-5-12(31)23-11(6-27)20(36)37/h7-11,13-15,27-30H,5-6,21H2,1-4H3,(H,22,33)(H,23,31)(H,24,32)(H,25,35)(H,26,34)(H,36,37)/t7-,8+,9+,10+,11-,13-,14-,15-/m0/s1. The number of nitrogens with two attached hydrogens (primary N) is 1. The second-order valence-corrected chi connectivity index (χ2v) is 8.33. The lowest BCUT2D eigenvalue weighted by Crippen LogP contribution is -2.63. The fourth-order valence-electron chi connectivity index (χ4n) is 2.69. The molecule has 12 N–H and O–H groups in total. The highest BCUT2D eigenvalue weighted by atomic mass is 16.4. The summed E-state index contributed by atoms with van der Waals surface area (Å²) in [6, 6.07) is -7.57. The van der Waals surface area contributed by atoms with Crippen molar-refractivity contribution in [2.75, 3.05) is 13.2 Å². The van der Waals surface area contributed by atoms with Gasteiger partial charge in [-0.3, -0.25) is 24.0 Å². The van der Waals surface area contributed by atoms with Crippen LogP contribution in [-0.4, -0.2) is 123 Å². The second-order valence-electron chi connectivity index (χ2n) is 8.33. The first-order chi connectivity index (χ1) is 17.0. The van der Waals surface area contributed by atoms with E-state index < -0.39 is 97.2 Å². The van der Waals surface area contributed by atoms with E-state index in [1.54, 1.807) is 0 Å². The van der Waals surface area contributed by atoms with Crippen LogP contribution < -0.4 is 32.3 Å². The molecular weight excluding hydrogens is 500 g/mol. The minimum atomic E-state index is -1.71. The van der Waals surface area contributed by atoms with Gasteiger partial charge in [0, 0.05) is 0 Å². The molecule has 17 heteroatoms. The molecule has 0 aromatic heterocycles. The number of aliphatic hydroxyl groups is 4. The number of carbonyl (C=O) groups excluding carboxylic acids is 5. The Morgan fingerprint density at radius 2 is 1.05 bits per heavy atom. The second kappa shape index (κ2) is 15.7. The first kappa shape index (κ1) is 33.6. The van der Waals surface area contributed by atoms with Gasteiger partial charge >= 0.3 is 5.97 Å². The molecule has 5 amide bonds. The lowest BCUT2D eigenvalue weighted by atomic mass is 10.1. The van der Waals surface area contributed by atoms with Crippen molar-refractivity contribution in [2.45, 2.75) is 76.2 Å². The van der Waals surface area contributed by atoms with Crippen molar-refractivity contribution < 1.29 is 54.3 Å². The van der Waals surface area contributed by atoms with Gasteiger partial charge in [-0.05, 0) is 27.7 Å². The Morgan fingerprint density at radius 1 is 0.676 bits per heavy atom. The molecule has 0 bridgehead atoms. The smallest absolute Gasteiger partial charge is 0.328 e. The number of carbonyl (C=O) groups is 6. The number of amides is 5. The van der Waals surface area contributed by atoms with Crippen molar-refractivity contribution in [3.8, 4) is 0 Å². The zero-order valence-corrected chi connectivity index (χ0v) is 20.8. The first-order valence-corrected chi connectivity index (χ1v) is 11.1. The summed E-state index contributed by atoms with van der Waals surface area (Å²) >= 11 is 0. The van der Waals surface area contributed by atoms with Crippen molar-refractivity contribution in [1.82, 2.24) is 26.6 Å². The molecule has 0 spiro atoms. The molecule has 212 valence electrons. The molecule has 0 aliphatic heterocycles. The van der Waals surface area contributed by atoms with Crippen molar-refractivity contribution in [3.05, 3.63) is 0 Å². The van der Waals surface area contributed by atoms with E-state index in [1.165, 1.54) is 13.8 Å². The van der Waals surface area contributed by atoms with Crippen molar-refractivity contribution >= 4 is 35.5 Å². The van der Waals surface area contributed by atoms with E-state index in [2.05, 4.69) is 21.3 Å². The minimum Gasteiger partial charge on any atom is -0.480 e. The first-order valence-electron chi connectivity index (χ1n) is 11.1. The van der Waals surface area contributed by atoms with Crippen LogP contribution >= 0.6 is 0 Å². The lowest BCUT2D eigenvalue weighted by molar-refractivity contribution is -0.143. The maximum atomic E-state index is 12.7. The summed E-state index contributed by atoms with van der Waals surface area (Å²) in [6.45, 7) is 3.10. The van der Waals surface area contributed by atoms with Gasteiger partial charge in [-0.1, -0.05) is 0 Å². The lowest BCUT2D eigenvalue weighted by Gasteiger charge is -2.28. The Morgan fingerprint density at radius 3 is 1.38 bits per heavy atom. The van der Waals surface area contributed by atoms with Crippen LogP contribution in [-0.2, 0) is 28.8 Å². The molecule has 0 radical (unpaired) electrons. The van der Waals surface area contributed by atoms with Crippen molar-refractivity contribution in [3.63, 3.8) is 0 Å². The highest BCUT2D eigenvalue weighted by molar-refractivity contribution is 5.96. The minimum absolute atomic E-state index is 0.770. The summed E-state index contributed by atoms with van der Waals surface area (Å²) < 4.78 is 0. The summed E-state index contributed by atoms with van der Waals surface area (Å²) in [4.78, 5) is 72.3. The number of nitrogens with one attached hydrogen (secondary N) is 5. The van der Waals surface area contributed by atoms with Crippen LogP contribution in [0.2, 0.25) is 0 Å². The summed E-state index contributed by atoms with van der Waals surface area (Å²) in [5, 5.41) is 58.0. The summed E-state index contributed by atoms with van der Waals surface area (Å²) in [6.07, 6.45) is -4.50. The summed E-state index contributed by atoms with van der Waals surface area (Å²) in [5.41, 5.74) is 5.43. The highest BCUT2D eigenvalue weighted by Crippen LogP contribution is 2.02. The maximum Gasteiger partial charge on any atom is 0.328 e. The van der Waals surface area contributed by atoms with Crippen LogP contribution in [0.4, 0.5) is 0 Å². The van der Waals surface area contributed by atoms with Gasteiger partial charge in [-0.2, -0.15) is 0 Å². The Kier molecular flexibility index (Phi) is 14.2. The molecule has 37 heavy (non-hydrogen) atoms. The van der Waals surface area contributed by atoms with E-state index in [9.17, 15) is 44.1 Å². The molecule has 0 rings (SSSR count). The average molecular weight is 537 g/mol. The maximum absolute atomic E-state index is 12.7. The van der Waals surface area contributed by atoms with E-state index in [1.807, 2.05) is 5.32 Å². The SMILES string of the molecule is C[C@H](N)C(=O)N[C@H](C(=O)N[C@H](C(=O)N[C@H](C(=O)NCC(=O)N[C@@H](CO)C(=O)O)[C@@H](C)O)[C@@H](C)O)[C@@H](C)O. The van der Waals surface area contributed by atoms with Crippen molar-refractivity contribution in [1.29, 1.82) is 0 Å². The Labute approximate surface area is 212 Å². The Balaban J connectivity index is 5.38. The van der Waals surface area contributed by atoms with Gasteiger partial charge in [0.15, 0.2) is 0 Å². The molecule has 0 saturated heterocycles. The summed E-state index contributed by atoms with van der Waals surface area (Å²) in [7, 11) is 0. The van der Waals surface area contributed by atoms with E-state index in [4.69, 9.17) is 15.9 Å². The third kappa shape index (κ3) is 11.5. The predicted octanol–water partition coefficient (Wildman–Crippen LogP) is -6.39. The molecule has 0 heterocycles. The number of rotatable bonds is 15. The number of aliphatic carboxylic acids is 1. The molecule has 0 fully saturated rings. The Hall–Kier alpha value is -3.38. The van der Waals surface area contributed by atoms with Gasteiger partial charge in [0.1, 0.15) is 24.2 Å². The number of carboxylic acid groups (broad SMARTS) is 1.